The number of rotatable bonds is 7. The van der Waals surface area contributed by atoms with Crippen LogP contribution in [0.15, 0.2) is 11.8 Å². The minimum Gasteiger partial charge on any atom is -0.463 e. The predicted molar refractivity (Wildman–Crippen MR) is 61.4 cm³/mol. The van der Waals surface area contributed by atoms with Crippen molar-refractivity contribution in [3.8, 4) is 0 Å². The van der Waals surface area contributed by atoms with Crippen molar-refractivity contribution in [1.82, 2.24) is 5.32 Å². The van der Waals surface area contributed by atoms with Gasteiger partial charge in [-0.15, -0.1) is 0 Å². The summed E-state index contributed by atoms with van der Waals surface area (Å²) in [6.07, 6.45) is 1.49. The van der Waals surface area contributed by atoms with Gasteiger partial charge in [0.15, 0.2) is 0 Å². The van der Waals surface area contributed by atoms with Gasteiger partial charge in [-0.25, -0.2) is 4.79 Å². The van der Waals surface area contributed by atoms with Crippen LogP contribution in [-0.2, 0) is 9.53 Å². The van der Waals surface area contributed by atoms with Gasteiger partial charge in [0.05, 0.1) is 6.61 Å². The van der Waals surface area contributed by atoms with Gasteiger partial charge in [0, 0.05) is 24.1 Å². The van der Waals surface area contributed by atoms with E-state index in [4.69, 9.17) is 4.74 Å². The van der Waals surface area contributed by atoms with Gasteiger partial charge in [-0.1, -0.05) is 6.92 Å². The molecule has 0 bridgehead atoms. The quantitative estimate of drug-likeness (QED) is 0.401. The molecule has 0 aliphatic rings. The lowest BCUT2D eigenvalue weighted by Gasteiger charge is -2.05. The van der Waals surface area contributed by atoms with Crippen LogP contribution in [0.1, 0.15) is 20.8 Å². The van der Waals surface area contributed by atoms with Gasteiger partial charge in [-0.3, -0.25) is 0 Å². The van der Waals surface area contributed by atoms with E-state index in [1.165, 1.54) is 6.08 Å². The summed E-state index contributed by atoms with van der Waals surface area (Å²) in [6, 6.07) is 0. The first kappa shape index (κ1) is 13.4. The molecule has 82 valence electrons. The maximum absolute atomic E-state index is 11.0. The molecule has 0 radical (unpaired) electrons. The lowest BCUT2D eigenvalue weighted by atomic mass is 10.4. The molecule has 0 amide bonds. The molecule has 0 aliphatic heterocycles. The highest BCUT2D eigenvalue weighted by atomic mass is 32.2. The van der Waals surface area contributed by atoms with E-state index in [1.807, 2.05) is 18.7 Å². The van der Waals surface area contributed by atoms with Crippen LogP contribution in [-0.4, -0.2) is 30.6 Å². The first-order valence-electron chi connectivity index (χ1n) is 4.87. The summed E-state index contributed by atoms with van der Waals surface area (Å²) < 4.78 is 4.78. The molecule has 0 saturated heterocycles. The van der Waals surface area contributed by atoms with E-state index in [0.29, 0.717) is 6.61 Å². The minimum absolute atomic E-state index is 0.277. The van der Waals surface area contributed by atoms with Crippen molar-refractivity contribution in [3.63, 3.8) is 0 Å². The highest BCUT2D eigenvalue weighted by Gasteiger charge is 1.96. The van der Waals surface area contributed by atoms with Gasteiger partial charge in [0.25, 0.3) is 0 Å². The largest absolute Gasteiger partial charge is 0.463 e. The molecular weight excluding hydrogens is 198 g/mol. The maximum Gasteiger partial charge on any atom is 0.332 e. The Bertz CT molecular complexity index is 193. The Morgan fingerprint density at radius 1 is 1.50 bits per heavy atom. The fourth-order valence-electron chi connectivity index (χ4n) is 0.876. The molecule has 0 aromatic rings. The number of esters is 1. The SMILES string of the molecule is CCOC(=O)/C=C(/C)NCCSCC. The van der Waals surface area contributed by atoms with Gasteiger partial charge in [-0.05, 0) is 19.6 Å². The zero-order valence-corrected chi connectivity index (χ0v) is 9.95. The Labute approximate surface area is 90.3 Å². The molecule has 3 nitrogen and oxygen atoms in total. The zero-order chi connectivity index (χ0) is 10.8. The highest BCUT2D eigenvalue weighted by Crippen LogP contribution is 1.96. The van der Waals surface area contributed by atoms with Crippen LogP contribution in [0.3, 0.4) is 0 Å². The first-order chi connectivity index (χ1) is 6.70. The Hall–Kier alpha value is -0.640. The summed E-state index contributed by atoms with van der Waals surface area (Å²) in [4.78, 5) is 11.0. The van der Waals surface area contributed by atoms with E-state index >= 15 is 0 Å². The van der Waals surface area contributed by atoms with Crippen LogP contribution in [0.25, 0.3) is 0 Å². The second-order valence-electron chi connectivity index (χ2n) is 2.70. The van der Waals surface area contributed by atoms with Gasteiger partial charge in [-0.2, -0.15) is 11.8 Å². The van der Waals surface area contributed by atoms with Gasteiger partial charge in [0.2, 0.25) is 0 Å². The Morgan fingerprint density at radius 2 is 2.21 bits per heavy atom. The Balaban J connectivity index is 3.60. The second-order valence-corrected chi connectivity index (χ2v) is 4.10. The van der Waals surface area contributed by atoms with Crippen molar-refractivity contribution in [2.75, 3.05) is 24.7 Å². The average molecular weight is 217 g/mol. The van der Waals surface area contributed by atoms with Gasteiger partial charge >= 0.3 is 5.97 Å². The number of hydrogen-bond acceptors (Lipinski definition) is 4. The summed E-state index contributed by atoms with van der Waals surface area (Å²) in [5.74, 6) is 1.91. The number of carbonyl (C=O) groups is 1. The lowest BCUT2D eigenvalue weighted by molar-refractivity contribution is -0.137. The third-order valence-corrected chi connectivity index (χ3v) is 2.38. The molecule has 0 atom stereocenters. The maximum atomic E-state index is 11.0. The highest BCUT2D eigenvalue weighted by molar-refractivity contribution is 7.99. The van der Waals surface area contributed by atoms with E-state index in [9.17, 15) is 4.79 Å². The number of hydrogen-bond donors (Lipinski definition) is 1. The smallest absolute Gasteiger partial charge is 0.332 e. The van der Waals surface area contributed by atoms with Crippen molar-refractivity contribution in [2.24, 2.45) is 0 Å². The number of nitrogens with one attached hydrogen (secondary N) is 1. The minimum atomic E-state index is -0.277. The Kier molecular flexibility index (Phi) is 8.53. The van der Waals surface area contributed by atoms with Crippen molar-refractivity contribution in [1.29, 1.82) is 0 Å². The second kappa shape index (κ2) is 8.94. The van der Waals surface area contributed by atoms with Crippen LogP contribution < -0.4 is 5.32 Å². The molecule has 0 rings (SSSR count). The van der Waals surface area contributed by atoms with Gasteiger partial charge in [0.1, 0.15) is 0 Å². The van der Waals surface area contributed by atoms with Crippen molar-refractivity contribution >= 4 is 17.7 Å². The summed E-state index contributed by atoms with van der Waals surface area (Å²) in [7, 11) is 0. The van der Waals surface area contributed by atoms with E-state index in [0.717, 1.165) is 23.7 Å². The monoisotopic (exact) mass is 217 g/mol. The normalized spacial score (nSPS) is 11.2. The molecule has 0 aliphatic carbocycles. The van der Waals surface area contributed by atoms with Crippen LogP contribution >= 0.6 is 11.8 Å². The molecule has 0 aromatic heterocycles. The van der Waals surface area contributed by atoms with E-state index in [2.05, 4.69) is 12.2 Å². The van der Waals surface area contributed by atoms with Crippen LogP contribution in [0.2, 0.25) is 0 Å². The van der Waals surface area contributed by atoms with Crippen LogP contribution in [0.5, 0.6) is 0 Å². The molecule has 0 spiro atoms. The fourth-order valence-corrected chi connectivity index (χ4v) is 1.41. The number of carbonyl (C=O) groups excluding carboxylic acids is 1. The summed E-state index contributed by atoms with van der Waals surface area (Å²) in [5, 5.41) is 3.15. The molecule has 0 saturated carbocycles. The third kappa shape index (κ3) is 7.98. The summed E-state index contributed by atoms with van der Waals surface area (Å²) in [5.41, 5.74) is 0.861. The molecule has 1 N–H and O–H groups in total. The number of allylic oxidation sites excluding steroid dienone is 1. The summed E-state index contributed by atoms with van der Waals surface area (Å²) >= 11 is 1.87. The lowest BCUT2D eigenvalue weighted by Crippen LogP contribution is -2.16. The molecular formula is C10H19NO2S. The molecule has 14 heavy (non-hydrogen) atoms. The molecule has 4 heteroatoms. The predicted octanol–water partition coefficient (Wildman–Crippen LogP) is 1.80. The summed E-state index contributed by atoms with van der Waals surface area (Å²) in [6.45, 7) is 7.11. The number of ether oxygens (including phenoxy) is 1. The zero-order valence-electron chi connectivity index (χ0n) is 9.13. The average Bonchev–Trinajstić information content (AvgIpc) is 2.13. The van der Waals surface area contributed by atoms with Gasteiger partial charge < -0.3 is 10.1 Å². The van der Waals surface area contributed by atoms with E-state index in [-0.39, 0.29) is 5.97 Å². The molecule has 0 aromatic carbocycles. The van der Waals surface area contributed by atoms with Crippen molar-refractivity contribution < 1.29 is 9.53 Å². The molecule has 0 heterocycles. The topological polar surface area (TPSA) is 38.3 Å². The van der Waals surface area contributed by atoms with Crippen molar-refractivity contribution in [3.05, 3.63) is 11.8 Å². The van der Waals surface area contributed by atoms with E-state index < -0.39 is 0 Å². The number of thioether (sulfide) groups is 1. The van der Waals surface area contributed by atoms with E-state index in [1.54, 1.807) is 6.92 Å². The first-order valence-corrected chi connectivity index (χ1v) is 6.02. The third-order valence-electron chi connectivity index (χ3n) is 1.48. The Morgan fingerprint density at radius 3 is 2.79 bits per heavy atom. The van der Waals surface area contributed by atoms with Crippen LogP contribution in [0, 0.1) is 0 Å². The van der Waals surface area contributed by atoms with Crippen molar-refractivity contribution in [2.45, 2.75) is 20.8 Å². The standard InChI is InChI=1S/C10H19NO2S/c1-4-13-10(12)8-9(3)11-6-7-14-5-2/h8,11H,4-7H2,1-3H3/b9-8-. The van der Waals surface area contributed by atoms with Crippen LogP contribution in [0.4, 0.5) is 0 Å². The molecule has 0 fully saturated rings. The fraction of sp³-hybridized carbons (Fsp3) is 0.700. The molecule has 0 unspecified atom stereocenters.